The molecule has 1 atom stereocenters. The fourth-order valence-electron chi connectivity index (χ4n) is 4.28. The molecule has 0 aliphatic carbocycles. The van der Waals surface area contributed by atoms with Gasteiger partial charge in [0, 0.05) is 51.4 Å². The van der Waals surface area contributed by atoms with Crippen LogP contribution in [0.5, 0.6) is 0 Å². The van der Waals surface area contributed by atoms with E-state index in [1.165, 1.54) is 0 Å². The molecule has 7 heteroatoms. The van der Waals surface area contributed by atoms with Gasteiger partial charge >= 0.3 is 0 Å². The minimum Gasteiger partial charge on any atom is -0.340 e. The summed E-state index contributed by atoms with van der Waals surface area (Å²) in [6.45, 7) is 0.894. The lowest BCUT2D eigenvalue weighted by atomic mass is 9.91. The van der Waals surface area contributed by atoms with Gasteiger partial charge in [-0.05, 0) is 12.3 Å². The number of carbonyl (C=O) groups is 1. The Bertz CT molecular complexity index is 1200. The molecular weight excluding hydrogens is 376 g/mol. The van der Waals surface area contributed by atoms with Crippen LogP contribution in [0.1, 0.15) is 29.2 Å². The van der Waals surface area contributed by atoms with E-state index in [4.69, 9.17) is 4.98 Å². The van der Waals surface area contributed by atoms with Crippen molar-refractivity contribution in [2.75, 3.05) is 0 Å². The molecule has 0 saturated carbocycles. The molecule has 1 aliphatic heterocycles. The molecule has 0 amide bonds. The number of benzene rings is 1. The number of aryl methyl sites for hydroxylation is 3. The first kappa shape index (κ1) is 18.5. The number of ketones is 1. The van der Waals surface area contributed by atoms with Crippen molar-refractivity contribution in [3.63, 3.8) is 0 Å². The zero-order valence-electron chi connectivity index (χ0n) is 17.2. The highest BCUT2D eigenvalue weighted by Crippen LogP contribution is 2.29. The zero-order chi connectivity index (χ0) is 20.7. The highest BCUT2D eigenvalue weighted by atomic mass is 16.1. The van der Waals surface area contributed by atoms with E-state index in [2.05, 4.69) is 33.0 Å². The Morgan fingerprint density at radius 1 is 1.13 bits per heavy atom. The van der Waals surface area contributed by atoms with Crippen molar-refractivity contribution in [2.24, 2.45) is 20.0 Å². The van der Waals surface area contributed by atoms with Gasteiger partial charge in [0.25, 0.3) is 0 Å². The van der Waals surface area contributed by atoms with Crippen LogP contribution < -0.4 is 0 Å². The van der Waals surface area contributed by atoms with Crippen molar-refractivity contribution < 1.29 is 4.79 Å². The van der Waals surface area contributed by atoms with E-state index in [9.17, 15) is 4.79 Å². The number of rotatable bonds is 5. The first-order valence-electron chi connectivity index (χ1n) is 10.2. The van der Waals surface area contributed by atoms with Crippen LogP contribution in [0.25, 0.3) is 22.5 Å². The summed E-state index contributed by atoms with van der Waals surface area (Å²) in [7, 11) is 3.74. The molecule has 7 nitrogen and oxygen atoms in total. The first-order chi connectivity index (χ1) is 14.6. The highest BCUT2D eigenvalue weighted by molar-refractivity contribution is 6.00. The zero-order valence-corrected chi connectivity index (χ0v) is 17.2. The Hall–Kier alpha value is -3.48. The molecule has 1 aliphatic rings. The molecular formula is C23H24N6O. The van der Waals surface area contributed by atoms with Gasteiger partial charge in [0.05, 0.1) is 29.5 Å². The van der Waals surface area contributed by atoms with Gasteiger partial charge in [0.15, 0.2) is 5.78 Å². The summed E-state index contributed by atoms with van der Waals surface area (Å²) in [6.07, 6.45) is 9.79. The Kier molecular flexibility index (Phi) is 4.58. The molecule has 3 aromatic heterocycles. The van der Waals surface area contributed by atoms with Crippen LogP contribution in [0.2, 0.25) is 0 Å². The molecule has 0 saturated heterocycles. The minimum atomic E-state index is 0.115. The van der Waals surface area contributed by atoms with Crippen molar-refractivity contribution in [1.82, 2.24) is 28.9 Å². The van der Waals surface area contributed by atoms with Gasteiger partial charge in [-0.3, -0.25) is 9.48 Å². The maximum absolute atomic E-state index is 13.2. The molecule has 152 valence electrons. The molecule has 0 N–H and O–H groups in total. The maximum atomic E-state index is 13.2. The predicted molar refractivity (Wildman–Crippen MR) is 114 cm³/mol. The molecule has 4 heterocycles. The van der Waals surface area contributed by atoms with E-state index in [1.54, 1.807) is 17.2 Å². The van der Waals surface area contributed by atoms with Gasteiger partial charge in [-0.25, -0.2) is 9.97 Å². The Morgan fingerprint density at radius 3 is 2.73 bits per heavy atom. The van der Waals surface area contributed by atoms with Crippen LogP contribution in [0.15, 0.2) is 55.2 Å². The lowest BCUT2D eigenvalue weighted by molar-refractivity contribution is 0.0945. The first-order valence-corrected chi connectivity index (χ1v) is 10.2. The van der Waals surface area contributed by atoms with Gasteiger partial charge in [-0.15, -0.1) is 0 Å². The van der Waals surface area contributed by atoms with E-state index >= 15 is 0 Å². The second-order valence-electron chi connectivity index (χ2n) is 8.04. The van der Waals surface area contributed by atoms with Crippen molar-refractivity contribution in [1.29, 1.82) is 0 Å². The lowest BCUT2D eigenvalue weighted by Gasteiger charge is -2.22. The number of aromatic nitrogens is 6. The minimum absolute atomic E-state index is 0.115. The molecule has 0 radical (unpaired) electrons. The smallest absolute Gasteiger partial charge is 0.181 e. The number of hydrogen-bond acceptors (Lipinski definition) is 4. The average Bonchev–Trinajstić information content (AvgIpc) is 3.46. The highest BCUT2D eigenvalue weighted by Gasteiger charge is 2.27. The number of Topliss-reactive ketones (excluding diaryl/α,β-unsaturated/α-hetero) is 1. The Morgan fingerprint density at radius 2 is 1.97 bits per heavy atom. The topological polar surface area (TPSA) is 70.5 Å². The number of carbonyl (C=O) groups excluding carboxylic acids is 1. The molecule has 0 spiro atoms. The van der Waals surface area contributed by atoms with Crippen LogP contribution in [0.3, 0.4) is 0 Å². The number of fused-ring (bicyclic) bond motifs is 1. The van der Waals surface area contributed by atoms with E-state index in [0.717, 1.165) is 47.7 Å². The van der Waals surface area contributed by atoms with Crippen LogP contribution in [-0.4, -0.2) is 34.7 Å². The van der Waals surface area contributed by atoms with Crippen molar-refractivity contribution >= 4 is 5.78 Å². The van der Waals surface area contributed by atoms with E-state index in [1.807, 2.05) is 43.1 Å². The van der Waals surface area contributed by atoms with Crippen LogP contribution in [0.4, 0.5) is 0 Å². The molecule has 0 bridgehead atoms. The third kappa shape index (κ3) is 3.36. The fraction of sp³-hybridized carbons (Fsp3) is 0.304. The normalized spacial score (nSPS) is 15.9. The van der Waals surface area contributed by atoms with E-state index in [-0.39, 0.29) is 11.7 Å². The molecule has 1 unspecified atom stereocenters. The quantitative estimate of drug-likeness (QED) is 0.481. The summed E-state index contributed by atoms with van der Waals surface area (Å²) < 4.78 is 5.78. The van der Waals surface area contributed by atoms with Gasteiger partial charge in [-0.1, -0.05) is 30.3 Å². The Balaban J connectivity index is 1.34. The second kappa shape index (κ2) is 7.40. The average molecular weight is 400 g/mol. The van der Waals surface area contributed by atoms with E-state index < -0.39 is 0 Å². The van der Waals surface area contributed by atoms with Gasteiger partial charge in [-0.2, -0.15) is 5.10 Å². The van der Waals surface area contributed by atoms with Crippen LogP contribution in [0, 0.1) is 5.92 Å². The van der Waals surface area contributed by atoms with E-state index in [0.29, 0.717) is 12.1 Å². The third-order valence-electron chi connectivity index (χ3n) is 5.84. The van der Waals surface area contributed by atoms with Gasteiger partial charge in [0.2, 0.25) is 0 Å². The predicted octanol–water partition coefficient (Wildman–Crippen LogP) is 3.52. The van der Waals surface area contributed by atoms with Gasteiger partial charge < -0.3 is 9.13 Å². The SMILES string of the molecule is Cn1cnc(-c2cnn(C)c2C(=O)CC2CCn3cc(-c4ccccc4)nc3C2)c1. The monoisotopic (exact) mass is 400 g/mol. The van der Waals surface area contributed by atoms with Crippen molar-refractivity contribution in [3.05, 3.63) is 66.8 Å². The third-order valence-corrected chi connectivity index (χ3v) is 5.84. The fourth-order valence-corrected chi connectivity index (χ4v) is 4.28. The van der Waals surface area contributed by atoms with Crippen LogP contribution in [-0.2, 0) is 27.1 Å². The number of hydrogen-bond donors (Lipinski definition) is 0. The number of imidazole rings is 2. The second-order valence-corrected chi connectivity index (χ2v) is 8.04. The van der Waals surface area contributed by atoms with Crippen LogP contribution >= 0.6 is 0 Å². The summed E-state index contributed by atoms with van der Waals surface area (Å²) in [5.74, 6) is 1.46. The lowest BCUT2D eigenvalue weighted by Crippen LogP contribution is -2.22. The summed E-state index contributed by atoms with van der Waals surface area (Å²) >= 11 is 0. The van der Waals surface area contributed by atoms with Crippen molar-refractivity contribution in [2.45, 2.75) is 25.8 Å². The molecule has 4 aromatic rings. The largest absolute Gasteiger partial charge is 0.340 e. The van der Waals surface area contributed by atoms with Crippen molar-refractivity contribution in [3.8, 4) is 22.5 Å². The summed E-state index contributed by atoms with van der Waals surface area (Å²) in [4.78, 5) is 22.5. The molecule has 0 fully saturated rings. The molecule has 30 heavy (non-hydrogen) atoms. The molecule has 1 aromatic carbocycles. The molecule has 5 rings (SSSR count). The number of nitrogens with zero attached hydrogens (tertiary/aromatic N) is 6. The summed E-state index contributed by atoms with van der Waals surface area (Å²) in [5.41, 5.74) is 4.34. The standard InChI is InChI=1S/C23H24N6O/c1-27-13-20(24-15-27)18-12-25-28(2)23(18)21(30)10-16-8-9-29-14-19(26-22(29)11-16)17-6-4-3-5-7-17/h3-7,12-16H,8-11H2,1-2H3. The Labute approximate surface area is 175 Å². The summed E-state index contributed by atoms with van der Waals surface area (Å²) in [5, 5.41) is 4.32. The van der Waals surface area contributed by atoms with Gasteiger partial charge in [0.1, 0.15) is 11.5 Å². The maximum Gasteiger partial charge on any atom is 0.181 e. The summed E-state index contributed by atoms with van der Waals surface area (Å²) in [6, 6.07) is 10.2.